The molecule has 0 unspecified atom stereocenters. The molecule has 0 saturated heterocycles. The molecule has 15 heavy (non-hydrogen) atoms. The normalized spacial score (nSPS) is 8.73. The summed E-state index contributed by atoms with van der Waals surface area (Å²) in [5.74, 6) is 0. The van der Waals surface area contributed by atoms with Gasteiger partial charge in [0.15, 0.2) is 0 Å². The molecule has 1 aromatic rings. The Bertz CT molecular complexity index is 320. The van der Waals surface area contributed by atoms with Gasteiger partial charge in [0.1, 0.15) is 0 Å². The van der Waals surface area contributed by atoms with E-state index in [-0.39, 0.29) is 0 Å². The van der Waals surface area contributed by atoms with Crippen LogP contribution in [0.1, 0.15) is 12.5 Å². The first-order valence-corrected chi connectivity index (χ1v) is 4.91. The monoisotopic (exact) mass is 202 g/mol. The second-order valence-electron chi connectivity index (χ2n) is 3.35. The summed E-state index contributed by atoms with van der Waals surface area (Å²) in [7, 11) is 4.11. The van der Waals surface area contributed by atoms with Gasteiger partial charge in [0, 0.05) is 0 Å². The van der Waals surface area contributed by atoms with Crippen molar-refractivity contribution in [2.24, 2.45) is 0 Å². The zero-order valence-corrected chi connectivity index (χ0v) is 9.70. The Labute approximate surface area is 92.5 Å². The molecule has 0 N–H and O–H groups in total. The molecule has 0 aliphatic heterocycles. The van der Waals surface area contributed by atoms with Gasteiger partial charge in [0.2, 0.25) is 0 Å². The molecule has 80 valence electrons. The van der Waals surface area contributed by atoms with E-state index in [1.54, 1.807) is 0 Å². The molecule has 0 aliphatic rings. The van der Waals surface area contributed by atoms with Gasteiger partial charge in [-0.3, -0.25) is 0 Å². The predicted molar refractivity (Wildman–Crippen MR) is 65.3 cm³/mol. The van der Waals surface area contributed by atoms with Crippen molar-refractivity contribution in [1.29, 1.82) is 5.26 Å². The third-order valence-corrected chi connectivity index (χ3v) is 1.89. The van der Waals surface area contributed by atoms with Crippen LogP contribution < -0.4 is 0 Å². The molecule has 0 saturated carbocycles. The molecular formula is C13H18N2. The van der Waals surface area contributed by atoms with Crippen molar-refractivity contribution >= 4 is 5.57 Å². The summed E-state index contributed by atoms with van der Waals surface area (Å²) in [5.41, 5.74) is 1.41. The lowest BCUT2D eigenvalue weighted by atomic mass is 10.1. The quantitative estimate of drug-likeness (QED) is 0.689. The third kappa shape index (κ3) is 6.48. The molecule has 0 fully saturated rings. The number of nitrogens with zero attached hydrogens (tertiary/aromatic N) is 2. The minimum Gasteiger partial charge on any atom is -0.310 e. The Morgan fingerprint density at radius 1 is 1.33 bits per heavy atom. The van der Waals surface area contributed by atoms with Crippen LogP contribution in [0.3, 0.4) is 0 Å². The summed E-state index contributed by atoms with van der Waals surface area (Å²) in [6, 6.07) is 11.4. The maximum atomic E-state index is 8.44. The number of hydrogen-bond donors (Lipinski definition) is 0. The van der Waals surface area contributed by atoms with Crippen LogP contribution in [0.2, 0.25) is 0 Å². The third-order valence-electron chi connectivity index (χ3n) is 1.89. The van der Waals surface area contributed by atoms with Crippen LogP contribution in [-0.4, -0.2) is 25.5 Å². The first-order chi connectivity index (χ1) is 7.11. The van der Waals surface area contributed by atoms with E-state index in [9.17, 15) is 0 Å². The molecule has 0 radical (unpaired) electrons. The van der Waals surface area contributed by atoms with Gasteiger partial charge in [-0.1, -0.05) is 43.8 Å². The van der Waals surface area contributed by atoms with Crippen LogP contribution in [0, 0.1) is 11.3 Å². The standard InChI is InChI=1S/C9H7N.C4H11N/c1-8(7-10)9-5-3-2-4-6-9;1-4-5(2)3/h2-6H,1H2;4H2,1-3H3. The Morgan fingerprint density at radius 2 is 1.80 bits per heavy atom. The lowest BCUT2D eigenvalue weighted by Crippen LogP contribution is -2.08. The van der Waals surface area contributed by atoms with Crippen molar-refractivity contribution < 1.29 is 0 Å². The van der Waals surface area contributed by atoms with Gasteiger partial charge in [-0.05, 0) is 26.2 Å². The van der Waals surface area contributed by atoms with E-state index in [1.807, 2.05) is 36.4 Å². The van der Waals surface area contributed by atoms with E-state index in [1.165, 1.54) is 0 Å². The van der Waals surface area contributed by atoms with Crippen LogP contribution >= 0.6 is 0 Å². The summed E-state index contributed by atoms with van der Waals surface area (Å²) in [5, 5.41) is 8.44. The minimum absolute atomic E-state index is 0.514. The molecule has 0 aliphatic carbocycles. The molecule has 0 amide bonds. The fraction of sp³-hybridized carbons (Fsp3) is 0.308. The van der Waals surface area contributed by atoms with Crippen molar-refractivity contribution in [3.63, 3.8) is 0 Å². The minimum atomic E-state index is 0.514. The predicted octanol–water partition coefficient (Wildman–Crippen LogP) is 2.79. The largest absolute Gasteiger partial charge is 0.310 e. The van der Waals surface area contributed by atoms with Crippen molar-refractivity contribution in [3.8, 4) is 6.07 Å². The van der Waals surface area contributed by atoms with Gasteiger partial charge in [-0.25, -0.2) is 0 Å². The van der Waals surface area contributed by atoms with Gasteiger partial charge < -0.3 is 4.90 Å². The highest BCUT2D eigenvalue weighted by atomic mass is 15.0. The number of allylic oxidation sites excluding steroid dienone is 1. The van der Waals surface area contributed by atoms with E-state index < -0.39 is 0 Å². The second kappa shape index (κ2) is 7.78. The van der Waals surface area contributed by atoms with Gasteiger partial charge >= 0.3 is 0 Å². The SMILES string of the molecule is C=C(C#N)c1ccccc1.CCN(C)C. The molecule has 0 bridgehead atoms. The van der Waals surface area contributed by atoms with Gasteiger partial charge in [-0.15, -0.1) is 0 Å². The van der Waals surface area contributed by atoms with E-state index in [2.05, 4.69) is 32.5 Å². The smallest absolute Gasteiger partial charge is 0.0991 e. The Morgan fingerprint density at radius 3 is 2.13 bits per heavy atom. The van der Waals surface area contributed by atoms with Crippen LogP contribution in [0.5, 0.6) is 0 Å². The van der Waals surface area contributed by atoms with Gasteiger partial charge in [-0.2, -0.15) is 5.26 Å². The van der Waals surface area contributed by atoms with Gasteiger partial charge in [0.05, 0.1) is 11.6 Å². The zero-order chi connectivity index (χ0) is 11.7. The molecule has 1 rings (SSSR count). The maximum absolute atomic E-state index is 8.44. The Hall–Kier alpha value is -1.59. The maximum Gasteiger partial charge on any atom is 0.0991 e. The van der Waals surface area contributed by atoms with E-state index in [0.29, 0.717) is 5.57 Å². The molecule has 0 spiro atoms. The van der Waals surface area contributed by atoms with E-state index in [4.69, 9.17) is 5.26 Å². The first-order valence-electron chi connectivity index (χ1n) is 4.91. The van der Waals surface area contributed by atoms with Crippen molar-refractivity contribution in [2.45, 2.75) is 6.92 Å². The van der Waals surface area contributed by atoms with Crippen molar-refractivity contribution in [2.75, 3.05) is 20.6 Å². The van der Waals surface area contributed by atoms with Crippen molar-refractivity contribution in [1.82, 2.24) is 4.90 Å². The summed E-state index contributed by atoms with van der Waals surface area (Å²) < 4.78 is 0. The lowest BCUT2D eigenvalue weighted by molar-refractivity contribution is 0.434. The molecule has 0 heterocycles. The van der Waals surface area contributed by atoms with E-state index in [0.717, 1.165) is 12.1 Å². The Kier molecular flexibility index (Phi) is 6.96. The van der Waals surface area contributed by atoms with Crippen LogP contribution in [0.15, 0.2) is 36.9 Å². The topological polar surface area (TPSA) is 27.0 Å². The number of benzene rings is 1. The Balaban J connectivity index is 0.000000336. The fourth-order valence-corrected chi connectivity index (χ4v) is 0.704. The summed E-state index contributed by atoms with van der Waals surface area (Å²) in [4.78, 5) is 2.12. The highest BCUT2D eigenvalue weighted by molar-refractivity contribution is 5.74. The first kappa shape index (κ1) is 13.4. The zero-order valence-electron chi connectivity index (χ0n) is 9.70. The lowest BCUT2D eigenvalue weighted by Gasteiger charge is -2.00. The molecule has 2 heteroatoms. The number of nitriles is 1. The molecule has 2 nitrogen and oxygen atoms in total. The summed E-state index contributed by atoms with van der Waals surface area (Å²) in [6.07, 6.45) is 0. The van der Waals surface area contributed by atoms with Gasteiger partial charge in [0.25, 0.3) is 0 Å². The fourth-order valence-electron chi connectivity index (χ4n) is 0.704. The summed E-state index contributed by atoms with van der Waals surface area (Å²) in [6.45, 7) is 6.85. The van der Waals surface area contributed by atoms with Crippen LogP contribution in [-0.2, 0) is 0 Å². The average Bonchev–Trinajstić information content (AvgIpc) is 2.30. The average molecular weight is 202 g/mol. The molecular weight excluding hydrogens is 184 g/mol. The summed E-state index contributed by atoms with van der Waals surface area (Å²) >= 11 is 0. The van der Waals surface area contributed by atoms with Crippen LogP contribution in [0.4, 0.5) is 0 Å². The molecule has 0 aromatic heterocycles. The number of rotatable bonds is 2. The van der Waals surface area contributed by atoms with E-state index >= 15 is 0 Å². The van der Waals surface area contributed by atoms with Crippen molar-refractivity contribution in [3.05, 3.63) is 42.5 Å². The van der Waals surface area contributed by atoms with Crippen LogP contribution in [0.25, 0.3) is 5.57 Å². The molecule has 0 atom stereocenters. The second-order valence-corrected chi connectivity index (χ2v) is 3.35. The molecule has 1 aromatic carbocycles. The highest BCUT2D eigenvalue weighted by Gasteiger charge is 1.91. The highest BCUT2D eigenvalue weighted by Crippen LogP contribution is 2.08. The number of hydrogen-bond acceptors (Lipinski definition) is 2.